The van der Waals surface area contributed by atoms with Crippen LogP contribution in [-0.2, 0) is 4.79 Å². The molecule has 0 radical (unpaired) electrons. The largest absolute Gasteiger partial charge is 0.339 e. The molecule has 1 aliphatic carbocycles. The number of anilines is 1. The van der Waals surface area contributed by atoms with Gasteiger partial charge in [-0.25, -0.2) is 0 Å². The summed E-state index contributed by atoms with van der Waals surface area (Å²) in [5.74, 6) is 1.49. The van der Waals surface area contributed by atoms with Gasteiger partial charge in [0.25, 0.3) is 0 Å². The fourth-order valence-corrected chi connectivity index (χ4v) is 2.94. The van der Waals surface area contributed by atoms with Crippen LogP contribution in [0, 0.1) is 6.92 Å². The lowest BCUT2D eigenvalue weighted by molar-refractivity contribution is -0.111. The number of benzene rings is 2. The van der Waals surface area contributed by atoms with Crippen LogP contribution in [0.2, 0.25) is 0 Å². The first-order valence-corrected chi connectivity index (χ1v) is 9.17. The summed E-state index contributed by atoms with van der Waals surface area (Å²) >= 11 is 0. The second-order valence-electron chi connectivity index (χ2n) is 6.90. The van der Waals surface area contributed by atoms with E-state index in [1.54, 1.807) is 6.08 Å². The standard InChI is InChI=1S/C22H21N3O2/c1-15-8-10-16(11-9-15)12-13-20(26)23-19-7-3-6-18(14-19)21-24-22(27-25-21)17-4-2-5-17/h3,6-14,17H,2,4-5H2,1H3,(H,23,26)/b13-12+. The molecule has 1 aliphatic rings. The average Bonchev–Trinajstić information content (AvgIpc) is 3.09. The van der Waals surface area contributed by atoms with Crippen LogP contribution >= 0.6 is 0 Å². The minimum Gasteiger partial charge on any atom is -0.339 e. The van der Waals surface area contributed by atoms with Crippen LogP contribution in [0.25, 0.3) is 17.5 Å². The molecule has 0 aliphatic heterocycles. The second-order valence-corrected chi connectivity index (χ2v) is 6.90. The third-order valence-corrected chi connectivity index (χ3v) is 4.79. The van der Waals surface area contributed by atoms with Gasteiger partial charge in [-0.1, -0.05) is 53.5 Å². The van der Waals surface area contributed by atoms with Crippen molar-refractivity contribution in [2.24, 2.45) is 0 Å². The number of aromatic nitrogens is 2. The van der Waals surface area contributed by atoms with E-state index in [0.29, 0.717) is 23.3 Å². The number of nitrogens with zero attached hydrogens (tertiary/aromatic N) is 2. The number of hydrogen-bond donors (Lipinski definition) is 1. The molecule has 0 spiro atoms. The molecule has 1 aromatic heterocycles. The Balaban J connectivity index is 1.43. The molecular weight excluding hydrogens is 338 g/mol. The molecule has 1 amide bonds. The number of aryl methyl sites for hydroxylation is 1. The molecule has 27 heavy (non-hydrogen) atoms. The molecule has 4 rings (SSSR count). The van der Waals surface area contributed by atoms with Crippen molar-refractivity contribution in [2.45, 2.75) is 32.1 Å². The van der Waals surface area contributed by atoms with Gasteiger partial charge in [0.15, 0.2) is 0 Å². The van der Waals surface area contributed by atoms with Crippen molar-refractivity contribution < 1.29 is 9.32 Å². The number of nitrogens with one attached hydrogen (secondary N) is 1. The molecule has 3 aromatic rings. The maximum absolute atomic E-state index is 12.2. The summed E-state index contributed by atoms with van der Waals surface area (Å²) in [5, 5.41) is 6.95. The normalized spacial score (nSPS) is 14.3. The summed E-state index contributed by atoms with van der Waals surface area (Å²) in [7, 11) is 0. The molecular formula is C22H21N3O2. The Morgan fingerprint density at radius 2 is 2.00 bits per heavy atom. The molecule has 1 heterocycles. The van der Waals surface area contributed by atoms with Gasteiger partial charge in [0, 0.05) is 23.2 Å². The van der Waals surface area contributed by atoms with Crippen LogP contribution in [0.15, 0.2) is 59.1 Å². The lowest BCUT2D eigenvalue weighted by atomic mass is 9.85. The van der Waals surface area contributed by atoms with Gasteiger partial charge in [0.2, 0.25) is 17.6 Å². The Bertz CT molecular complexity index is 969. The molecule has 1 fully saturated rings. The zero-order valence-electron chi connectivity index (χ0n) is 15.2. The van der Waals surface area contributed by atoms with Crippen molar-refractivity contribution >= 4 is 17.7 Å². The van der Waals surface area contributed by atoms with E-state index in [1.807, 2.05) is 55.5 Å². The predicted molar refractivity (Wildman–Crippen MR) is 105 cm³/mol. The molecule has 2 aromatic carbocycles. The van der Waals surface area contributed by atoms with E-state index in [4.69, 9.17) is 4.52 Å². The highest BCUT2D eigenvalue weighted by Crippen LogP contribution is 2.36. The summed E-state index contributed by atoms with van der Waals surface area (Å²) < 4.78 is 5.38. The summed E-state index contributed by atoms with van der Waals surface area (Å²) in [5.41, 5.74) is 3.70. The van der Waals surface area contributed by atoms with Crippen molar-refractivity contribution in [1.82, 2.24) is 10.1 Å². The van der Waals surface area contributed by atoms with Crippen molar-refractivity contribution in [1.29, 1.82) is 0 Å². The van der Waals surface area contributed by atoms with Gasteiger partial charge < -0.3 is 9.84 Å². The van der Waals surface area contributed by atoms with E-state index >= 15 is 0 Å². The average molecular weight is 359 g/mol. The first kappa shape index (κ1) is 17.2. The Labute approximate surface area is 158 Å². The molecule has 5 nitrogen and oxygen atoms in total. The fourth-order valence-electron chi connectivity index (χ4n) is 2.94. The van der Waals surface area contributed by atoms with Crippen LogP contribution < -0.4 is 5.32 Å². The van der Waals surface area contributed by atoms with Crippen molar-refractivity contribution in [3.8, 4) is 11.4 Å². The minimum absolute atomic E-state index is 0.184. The first-order chi connectivity index (χ1) is 13.2. The number of rotatable bonds is 5. The smallest absolute Gasteiger partial charge is 0.248 e. The molecule has 0 unspecified atom stereocenters. The highest BCUT2D eigenvalue weighted by atomic mass is 16.5. The van der Waals surface area contributed by atoms with E-state index in [2.05, 4.69) is 15.5 Å². The zero-order chi connectivity index (χ0) is 18.6. The quantitative estimate of drug-likeness (QED) is 0.654. The third kappa shape index (κ3) is 4.14. The van der Waals surface area contributed by atoms with Crippen LogP contribution in [0.3, 0.4) is 0 Å². The van der Waals surface area contributed by atoms with E-state index in [1.165, 1.54) is 18.1 Å². The van der Waals surface area contributed by atoms with E-state index in [0.717, 1.165) is 24.0 Å². The highest BCUT2D eigenvalue weighted by molar-refractivity contribution is 6.02. The molecule has 5 heteroatoms. The lowest BCUT2D eigenvalue weighted by Crippen LogP contribution is -2.08. The number of amides is 1. The first-order valence-electron chi connectivity index (χ1n) is 9.17. The van der Waals surface area contributed by atoms with Crippen LogP contribution in [0.1, 0.15) is 42.2 Å². The molecule has 0 atom stereocenters. The van der Waals surface area contributed by atoms with E-state index in [-0.39, 0.29) is 5.91 Å². The third-order valence-electron chi connectivity index (χ3n) is 4.79. The van der Waals surface area contributed by atoms with Crippen molar-refractivity contribution in [3.63, 3.8) is 0 Å². The van der Waals surface area contributed by atoms with Gasteiger partial charge in [-0.2, -0.15) is 4.98 Å². The maximum atomic E-state index is 12.2. The monoisotopic (exact) mass is 359 g/mol. The van der Waals surface area contributed by atoms with Crippen molar-refractivity contribution in [3.05, 3.63) is 71.6 Å². The Morgan fingerprint density at radius 3 is 2.74 bits per heavy atom. The highest BCUT2D eigenvalue weighted by Gasteiger charge is 2.25. The van der Waals surface area contributed by atoms with E-state index < -0.39 is 0 Å². The van der Waals surface area contributed by atoms with Gasteiger partial charge in [0.05, 0.1) is 0 Å². The summed E-state index contributed by atoms with van der Waals surface area (Å²) in [6.45, 7) is 2.03. The molecule has 0 saturated heterocycles. The fraction of sp³-hybridized carbons (Fsp3) is 0.227. The van der Waals surface area contributed by atoms with Crippen molar-refractivity contribution in [2.75, 3.05) is 5.32 Å². The van der Waals surface area contributed by atoms with E-state index in [9.17, 15) is 4.79 Å². The molecule has 1 N–H and O–H groups in total. The van der Waals surface area contributed by atoms with Gasteiger partial charge in [-0.15, -0.1) is 0 Å². The summed E-state index contributed by atoms with van der Waals surface area (Å²) in [4.78, 5) is 16.7. The second kappa shape index (κ2) is 7.58. The Kier molecular flexibility index (Phi) is 4.83. The SMILES string of the molecule is Cc1ccc(/C=C/C(=O)Nc2cccc(-c3noc(C4CCC4)n3)c2)cc1. The maximum Gasteiger partial charge on any atom is 0.248 e. The van der Waals surface area contributed by atoms with Crippen LogP contribution in [0.5, 0.6) is 0 Å². The zero-order valence-corrected chi connectivity index (χ0v) is 15.2. The number of hydrogen-bond acceptors (Lipinski definition) is 4. The van der Waals surface area contributed by atoms with Gasteiger partial charge in [-0.3, -0.25) is 4.79 Å². The van der Waals surface area contributed by atoms with Crippen LogP contribution in [-0.4, -0.2) is 16.0 Å². The minimum atomic E-state index is -0.184. The van der Waals surface area contributed by atoms with Gasteiger partial charge >= 0.3 is 0 Å². The predicted octanol–water partition coefficient (Wildman–Crippen LogP) is 4.96. The van der Waals surface area contributed by atoms with Gasteiger partial charge in [-0.05, 0) is 43.5 Å². The van der Waals surface area contributed by atoms with Crippen LogP contribution in [0.4, 0.5) is 5.69 Å². The summed E-state index contributed by atoms with van der Waals surface area (Å²) in [6.07, 6.45) is 6.78. The van der Waals surface area contributed by atoms with Gasteiger partial charge in [0.1, 0.15) is 0 Å². The Morgan fingerprint density at radius 1 is 1.19 bits per heavy atom. The number of carbonyl (C=O) groups is 1. The summed E-state index contributed by atoms with van der Waals surface area (Å²) in [6, 6.07) is 15.5. The number of carbonyl (C=O) groups excluding carboxylic acids is 1. The topological polar surface area (TPSA) is 68.0 Å². The molecule has 0 bridgehead atoms. The Hall–Kier alpha value is -3.21. The lowest BCUT2D eigenvalue weighted by Gasteiger charge is -2.20. The molecule has 1 saturated carbocycles. The molecule has 136 valence electrons.